The van der Waals surface area contributed by atoms with E-state index in [1.807, 2.05) is 18.3 Å². The van der Waals surface area contributed by atoms with E-state index in [1.165, 1.54) is 0 Å². The Morgan fingerprint density at radius 3 is 2.44 bits per heavy atom. The maximum absolute atomic E-state index is 5.86. The smallest absolute Gasteiger partial charge is 0.101 e. The molecule has 1 rings (SSSR count). The van der Waals surface area contributed by atoms with Crippen LogP contribution in [0, 0.1) is 0 Å². The highest BCUT2D eigenvalue weighted by atomic mass is 32.1. The Morgan fingerprint density at radius 2 is 2.06 bits per heavy atom. The topological polar surface area (TPSA) is 45.0 Å². The molecule has 1 heterocycles. The molecule has 1 unspecified atom stereocenters. The molecule has 0 spiro atoms. The molecule has 3 N–H and O–H groups in total. The van der Waals surface area contributed by atoms with Gasteiger partial charge in [-0.3, -0.25) is 4.90 Å². The highest BCUT2D eigenvalue weighted by Gasteiger charge is 2.22. The molecular weight excluding hydrogens is 218 g/mol. The zero-order chi connectivity index (χ0) is 12.0. The van der Waals surface area contributed by atoms with Crippen LogP contribution in [0.2, 0.25) is 0 Å². The first-order chi connectivity index (χ1) is 7.70. The second-order valence-corrected chi connectivity index (χ2v) is 4.44. The lowest BCUT2D eigenvalue weighted by Crippen LogP contribution is -2.38. The molecule has 0 saturated carbocycles. The lowest BCUT2D eigenvalue weighted by atomic mass is 10.1. The summed E-state index contributed by atoms with van der Waals surface area (Å²) >= 11 is 5.19. The molecule has 1 atom stereocenters. The first-order valence-electron chi connectivity index (χ1n) is 5.87. The standard InChI is InChI=1S/C12H21N3S/c1-3-8-15(9-4-2)11(12(13)16)10-6-5-7-14-10/h5-7,11,14H,3-4,8-9H2,1-2H3,(H2,13,16). The van der Waals surface area contributed by atoms with Gasteiger partial charge in [-0.15, -0.1) is 0 Å². The summed E-state index contributed by atoms with van der Waals surface area (Å²) in [5.74, 6) is 0. The van der Waals surface area contributed by atoms with Gasteiger partial charge in [-0.25, -0.2) is 0 Å². The molecule has 0 aliphatic heterocycles. The Labute approximate surface area is 103 Å². The lowest BCUT2D eigenvalue weighted by Gasteiger charge is -2.29. The molecule has 0 amide bonds. The van der Waals surface area contributed by atoms with Crippen LogP contribution in [-0.4, -0.2) is 28.0 Å². The number of nitrogens with one attached hydrogen (secondary N) is 1. The Balaban J connectivity index is 2.85. The number of H-pyrrole nitrogens is 1. The fourth-order valence-corrected chi connectivity index (χ4v) is 2.26. The molecule has 0 fully saturated rings. The highest BCUT2D eigenvalue weighted by Crippen LogP contribution is 2.20. The lowest BCUT2D eigenvalue weighted by molar-refractivity contribution is 0.242. The molecule has 3 nitrogen and oxygen atoms in total. The third-order valence-corrected chi connectivity index (χ3v) is 2.80. The fourth-order valence-electron chi connectivity index (χ4n) is 1.99. The monoisotopic (exact) mass is 239 g/mol. The Hall–Kier alpha value is -0.870. The minimum absolute atomic E-state index is 0.0462. The van der Waals surface area contributed by atoms with E-state index in [2.05, 4.69) is 23.7 Å². The molecule has 16 heavy (non-hydrogen) atoms. The van der Waals surface area contributed by atoms with Gasteiger partial charge in [0.05, 0.1) is 4.99 Å². The number of nitrogens with zero attached hydrogens (tertiary/aromatic N) is 1. The van der Waals surface area contributed by atoms with E-state index in [9.17, 15) is 0 Å². The minimum atomic E-state index is 0.0462. The van der Waals surface area contributed by atoms with E-state index in [-0.39, 0.29) is 6.04 Å². The van der Waals surface area contributed by atoms with E-state index >= 15 is 0 Å². The van der Waals surface area contributed by atoms with Gasteiger partial charge in [0.25, 0.3) is 0 Å². The number of nitrogens with two attached hydrogens (primary N) is 1. The number of rotatable bonds is 7. The van der Waals surface area contributed by atoms with E-state index < -0.39 is 0 Å². The maximum atomic E-state index is 5.86. The maximum Gasteiger partial charge on any atom is 0.101 e. The van der Waals surface area contributed by atoms with Gasteiger partial charge >= 0.3 is 0 Å². The zero-order valence-corrected chi connectivity index (χ0v) is 10.9. The molecular formula is C12H21N3S. The van der Waals surface area contributed by atoms with Gasteiger partial charge < -0.3 is 10.7 Å². The predicted octanol–water partition coefficient (Wildman–Crippen LogP) is 2.46. The summed E-state index contributed by atoms with van der Waals surface area (Å²) in [5, 5.41) is 0. The molecule has 0 aromatic carbocycles. The summed E-state index contributed by atoms with van der Waals surface area (Å²) < 4.78 is 0. The second kappa shape index (κ2) is 6.66. The summed E-state index contributed by atoms with van der Waals surface area (Å²) in [4.78, 5) is 6.09. The number of aromatic amines is 1. The normalized spacial score (nSPS) is 12.9. The van der Waals surface area contributed by atoms with Crippen LogP contribution >= 0.6 is 12.2 Å². The average Bonchev–Trinajstić information content (AvgIpc) is 2.71. The van der Waals surface area contributed by atoms with Crippen molar-refractivity contribution in [3.63, 3.8) is 0 Å². The number of hydrogen-bond donors (Lipinski definition) is 2. The van der Waals surface area contributed by atoms with Crippen molar-refractivity contribution in [3.05, 3.63) is 24.0 Å². The van der Waals surface area contributed by atoms with Gasteiger partial charge in [0, 0.05) is 11.9 Å². The Bertz CT molecular complexity index is 302. The van der Waals surface area contributed by atoms with Crippen LogP contribution in [0.25, 0.3) is 0 Å². The van der Waals surface area contributed by atoms with E-state index in [1.54, 1.807) is 0 Å². The molecule has 0 aliphatic carbocycles. The van der Waals surface area contributed by atoms with E-state index in [0.717, 1.165) is 31.6 Å². The summed E-state index contributed by atoms with van der Waals surface area (Å²) in [6.07, 6.45) is 4.14. The molecule has 1 aromatic heterocycles. The first-order valence-corrected chi connectivity index (χ1v) is 6.28. The van der Waals surface area contributed by atoms with Crippen LogP contribution in [0.4, 0.5) is 0 Å². The van der Waals surface area contributed by atoms with Crippen molar-refractivity contribution in [2.24, 2.45) is 5.73 Å². The van der Waals surface area contributed by atoms with Crippen molar-refractivity contribution >= 4 is 17.2 Å². The van der Waals surface area contributed by atoms with Gasteiger partial charge in [0.15, 0.2) is 0 Å². The predicted molar refractivity (Wildman–Crippen MR) is 72.5 cm³/mol. The average molecular weight is 239 g/mol. The molecule has 4 heteroatoms. The van der Waals surface area contributed by atoms with Gasteiger partial charge in [-0.2, -0.15) is 0 Å². The fraction of sp³-hybridized carbons (Fsp3) is 0.583. The van der Waals surface area contributed by atoms with Gasteiger partial charge in [-0.1, -0.05) is 26.1 Å². The van der Waals surface area contributed by atoms with Crippen molar-refractivity contribution in [1.82, 2.24) is 9.88 Å². The van der Waals surface area contributed by atoms with Crippen LogP contribution in [0.15, 0.2) is 18.3 Å². The second-order valence-electron chi connectivity index (χ2n) is 3.97. The van der Waals surface area contributed by atoms with Gasteiger partial charge in [0.2, 0.25) is 0 Å². The largest absolute Gasteiger partial charge is 0.392 e. The van der Waals surface area contributed by atoms with Crippen LogP contribution in [0.1, 0.15) is 38.4 Å². The number of hydrogen-bond acceptors (Lipinski definition) is 2. The highest BCUT2D eigenvalue weighted by molar-refractivity contribution is 7.80. The third-order valence-electron chi connectivity index (χ3n) is 2.57. The molecule has 0 radical (unpaired) electrons. The Morgan fingerprint density at radius 1 is 1.44 bits per heavy atom. The van der Waals surface area contributed by atoms with Crippen LogP contribution in [0.5, 0.6) is 0 Å². The van der Waals surface area contributed by atoms with Crippen molar-refractivity contribution in [1.29, 1.82) is 0 Å². The Kier molecular flexibility index (Phi) is 5.49. The van der Waals surface area contributed by atoms with Crippen LogP contribution in [0.3, 0.4) is 0 Å². The SMILES string of the molecule is CCCN(CCC)C(C(N)=S)c1ccc[nH]1. The summed E-state index contributed by atoms with van der Waals surface area (Å²) in [6.45, 7) is 6.39. The molecule has 0 aliphatic rings. The van der Waals surface area contributed by atoms with Crippen molar-refractivity contribution in [2.75, 3.05) is 13.1 Å². The van der Waals surface area contributed by atoms with Crippen molar-refractivity contribution in [3.8, 4) is 0 Å². The van der Waals surface area contributed by atoms with Gasteiger partial charge in [-0.05, 0) is 38.1 Å². The summed E-state index contributed by atoms with van der Waals surface area (Å²) in [5.41, 5.74) is 6.95. The first kappa shape index (κ1) is 13.2. The van der Waals surface area contributed by atoms with Crippen molar-refractivity contribution in [2.45, 2.75) is 32.7 Å². The van der Waals surface area contributed by atoms with Crippen LogP contribution < -0.4 is 5.73 Å². The number of thiocarbonyl (C=S) groups is 1. The van der Waals surface area contributed by atoms with Gasteiger partial charge in [0.1, 0.15) is 6.04 Å². The van der Waals surface area contributed by atoms with E-state index in [4.69, 9.17) is 18.0 Å². The molecule has 1 aromatic rings. The molecule has 90 valence electrons. The molecule has 0 bridgehead atoms. The third kappa shape index (κ3) is 3.32. The number of aromatic nitrogens is 1. The summed E-state index contributed by atoms with van der Waals surface area (Å²) in [6, 6.07) is 4.07. The quantitative estimate of drug-likeness (QED) is 0.718. The van der Waals surface area contributed by atoms with Crippen LogP contribution in [-0.2, 0) is 0 Å². The van der Waals surface area contributed by atoms with Crippen molar-refractivity contribution < 1.29 is 0 Å². The summed E-state index contributed by atoms with van der Waals surface area (Å²) in [7, 11) is 0. The molecule has 0 saturated heterocycles. The zero-order valence-electron chi connectivity index (χ0n) is 10.1. The minimum Gasteiger partial charge on any atom is -0.392 e. The van der Waals surface area contributed by atoms with E-state index in [0.29, 0.717) is 4.99 Å².